The van der Waals surface area contributed by atoms with Crippen LogP contribution in [0.1, 0.15) is 17.1 Å². The molecule has 2 aromatic heterocycles. The molecule has 0 fully saturated rings. The molecule has 0 saturated heterocycles. The lowest BCUT2D eigenvalue weighted by molar-refractivity contribution is -0.469. The van der Waals surface area contributed by atoms with E-state index < -0.39 is 0 Å². The standard InChI is InChI=1S/C25H21N5O3/c1-2-7-24-19(5-1)8-9-20(26-24)16-32-22-12-10-21(11-13-22)31-15-18-4-3-6-23(14-18)33-17-25-27-29-30-28-25/h1-14H,15-17H2,(H,27,28,29,30)/p+1. The number of hydrogen-bond acceptors (Lipinski definition) is 6. The molecule has 0 aliphatic rings. The van der Waals surface area contributed by atoms with Crippen molar-refractivity contribution in [3.8, 4) is 17.2 Å². The van der Waals surface area contributed by atoms with Crippen molar-refractivity contribution in [3.05, 3.63) is 102 Å². The average Bonchev–Trinajstić information content (AvgIpc) is 3.40. The summed E-state index contributed by atoms with van der Waals surface area (Å²) in [5, 5.41) is 13.9. The summed E-state index contributed by atoms with van der Waals surface area (Å²) in [4.78, 5) is 4.64. The van der Waals surface area contributed by atoms with Crippen molar-refractivity contribution < 1.29 is 19.3 Å². The van der Waals surface area contributed by atoms with Crippen LogP contribution in [0, 0.1) is 0 Å². The molecule has 5 aromatic rings. The first kappa shape index (κ1) is 20.4. The number of fused-ring (bicyclic) bond motifs is 1. The topological polar surface area (TPSA) is 96.3 Å². The molecule has 0 aliphatic heterocycles. The highest BCUT2D eigenvalue weighted by Gasteiger charge is 2.07. The lowest BCUT2D eigenvalue weighted by atomic mass is 10.2. The largest absolute Gasteiger partial charge is 0.489 e. The maximum absolute atomic E-state index is 5.91. The van der Waals surface area contributed by atoms with E-state index in [0.717, 1.165) is 39.4 Å². The zero-order valence-electron chi connectivity index (χ0n) is 17.8. The molecular formula is C25H22N5O3+. The fourth-order valence-electron chi connectivity index (χ4n) is 3.29. The van der Waals surface area contributed by atoms with Gasteiger partial charge in [-0.05, 0) is 54.1 Å². The van der Waals surface area contributed by atoms with Gasteiger partial charge < -0.3 is 14.2 Å². The second-order valence-corrected chi connectivity index (χ2v) is 7.36. The molecule has 3 aromatic carbocycles. The van der Waals surface area contributed by atoms with Gasteiger partial charge in [0.1, 0.15) is 35.6 Å². The molecule has 5 rings (SSSR count). The second kappa shape index (κ2) is 9.78. The lowest BCUT2D eigenvalue weighted by Gasteiger charge is -2.10. The van der Waals surface area contributed by atoms with E-state index in [-0.39, 0.29) is 0 Å². The Morgan fingerprint density at radius 1 is 0.697 bits per heavy atom. The SMILES string of the molecule is c1cc(COc2ccc(OCc3ccc4ccccc4n3)cc2)cc(OCc2nn[nH][nH+]2)c1. The van der Waals surface area contributed by atoms with Gasteiger partial charge >= 0.3 is 5.82 Å². The number of aromatic amines is 2. The molecule has 0 aliphatic carbocycles. The Morgan fingerprint density at radius 3 is 2.30 bits per heavy atom. The smallest absolute Gasteiger partial charge is 0.335 e. The summed E-state index contributed by atoms with van der Waals surface area (Å²) in [5.41, 5.74) is 2.85. The van der Waals surface area contributed by atoms with Gasteiger partial charge in [0.05, 0.1) is 11.2 Å². The van der Waals surface area contributed by atoms with Crippen LogP contribution >= 0.6 is 0 Å². The summed E-state index contributed by atoms with van der Waals surface area (Å²) in [6.45, 7) is 1.13. The third-order valence-electron chi connectivity index (χ3n) is 4.97. The van der Waals surface area contributed by atoms with Crippen molar-refractivity contribution in [1.29, 1.82) is 0 Å². The van der Waals surface area contributed by atoms with Crippen molar-refractivity contribution in [2.24, 2.45) is 0 Å². The molecule has 2 N–H and O–H groups in total. The molecule has 0 unspecified atom stereocenters. The van der Waals surface area contributed by atoms with Crippen LogP contribution in [0.2, 0.25) is 0 Å². The highest BCUT2D eigenvalue weighted by atomic mass is 16.5. The van der Waals surface area contributed by atoms with Crippen LogP contribution in [0.5, 0.6) is 17.2 Å². The highest BCUT2D eigenvalue weighted by molar-refractivity contribution is 5.78. The van der Waals surface area contributed by atoms with Crippen LogP contribution in [0.15, 0.2) is 84.9 Å². The molecule has 0 radical (unpaired) electrons. The van der Waals surface area contributed by atoms with E-state index in [0.29, 0.717) is 25.6 Å². The van der Waals surface area contributed by atoms with Gasteiger partial charge in [0, 0.05) is 5.39 Å². The summed E-state index contributed by atoms with van der Waals surface area (Å²) < 4.78 is 17.5. The van der Waals surface area contributed by atoms with E-state index in [4.69, 9.17) is 14.2 Å². The first-order chi connectivity index (χ1) is 16.3. The van der Waals surface area contributed by atoms with Crippen LogP contribution in [0.4, 0.5) is 0 Å². The van der Waals surface area contributed by atoms with Gasteiger partial charge in [0.15, 0.2) is 11.8 Å². The molecule has 0 bridgehead atoms. The van der Waals surface area contributed by atoms with Gasteiger partial charge in [0.25, 0.3) is 0 Å². The van der Waals surface area contributed by atoms with Gasteiger partial charge in [-0.15, -0.1) is 0 Å². The third kappa shape index (κ3) is 5.43. The second-order valence-electron chi connectivity index (χ2n) is 7.36. The molecule has 33 heavy (non-hydrogen) atoms. The zero-order chi connectivity index (χ0) is 22.3. The Morgan fingerprint density at radius 2 is 1.48 bits per heavy atom. The molecule has 2 heterocycles. The van der Waals surface area contributed by atoms with Crippen molar-refractivity contribution in [2.75, 3.05) is 0 Å². The Labute approximate surface area is 190 Å². The molecular weight excluding hydrogens is 418 g/mol. The summed E-state index contributed by atoms with van der Waals surface area (Å²) in [7, 11) is 0. The minimum atomic E-state index is 0.303. The third-order valence-corrected chi connectivity index (χ3v) is 4.97. The number of para-hydroxylation sites is 1. The number of aromatic nitrogens is 5. The van der Waals surface area contributed by atoms with E-state index in [1.165, 1.54) is 0 Å². The zero-order valence-corrected chi connectivity index (χ0v) is 17.8. The molecule has 0 atom stereocenters. The normalized spacial score (nSPS) is 10.8. The number of benzene rings is 3. The molecule has 8 nitrogen and oxygen atoms in total. The van der Waals surface area contributed by atoms with Crippen molar-refractivity contribution in [1.82, 2.24) is 20.5 Å². The monoisotopic (exact) mass is 440 g/mol. The van der Waals surface area contributed by atoms with Crippen molar-refractivity contribution >= 4 is 10.9 Å². The van der Waals surface area contributed by atoms with Gasteiger partial charge in [0.2, 0.25) is 0 Å². The Hall–Kier alpha value is -4.46. The molecule has 164 valence electrons. The van der Waals surface area contributed by atoms with Gasteiger partial charge in [-0.3, -0.25) is 0 Å². The van der Waals surface area contributed by atoms with Crippen molar-refractivity contribution in [3.63, 3.8) is 0 Å². The van der Waals surface area contributed by atoms with E-state index in [2.05, 4.69) is 31.7 Å². The predicted molar refractivity (Wildman–Crippen MR) is 121 cm³/mol. The maximum Gasteiger partial charge on any atom is 0.335 e. The van der Waals surface area contributed by atoms with Crippen LogP contribution in [-0.2, 0) is 19.8 Å². The van der Waals surface area contributed by atoms with Crippen LogP contribution in [-0.4, -0.2) is 20.5 Å². The fourth-order valence-corrected chi connectivity index (χ4v) is 3.29. The predicted octanol–water partition coefficient (Wildman–Crippen LogP) is 3.90. The average molecular weight is 440 g/mol. The lowest BCUT2D eigenvalue weighted by Crippen LogP contribution is -2.12. The minimum absolute atomic E-state index is 0.303. The van der Waals surface area contributed by atoms with E-state index >= 15 is 0 Å². The quantitative estimate of drug-likeness (QED) is 0.373. The van der Waals surface area contributed by atoms with E-state index in [1.54, 1.807) is 0 Å². The Bertz CT molecular complexity index is 1320. The molecule has 0 spiro atoms. The van der Waals surface area contributed by atoms with Crippen LogP contribution in [0.25, 0.3) is 10.9 Å². The van der Waals surface area contributed by atoms with Crippen LogP contribution in [0.3, 0.4) is 0 Å². The Balaban J connectivity index is 1.13. The first-order valence-corrected chi connectivity index (χ1v) is 10.5. The summed E-state index contributed by atoms with van der Waals surface area (Å²) in [6, 6.07) is 27.4. The van der Waals surface area contributed by atoms with Gasteiger partial charge in [-0.25, -0.2) is 4.98 Å². The number of nitrogens with zero attached hydrogens (tertiary/aromatic N) is 3. The summed E-state index contributed by atoms with van der Waals surface area (Å²) in [6.07, 6.45) is 0. The highest BCUT2D eigenvalue weighted by Crippen LogP contribution is 2.21. The number of H-pyrrole nitrogens is 2. The molecule has 0 amide bonds. The fraction of sp³-hybridized carbons (Fsp3) is 0.120. The summed E-state index contributed by atoms with van der Waals surface area (Å²) in [5.74, 6) is 2.88. The molecule has 8 heteroatoms. The van der Waals surface area contributed by atoms with Crippen LogP contribution < -0.4 is 19.3 Å². The maximum atomic E-state index is 5.91. The number of nitrogens with one attached hydrogen (secondary N) is 2. The first-order valence-electron chi connectivity index (χ1n) is 10.5. The number of pyridine rings is 1. The molecule has 0 saturated carbocycles. The number of tetrazole rings is 1. The van der Waals surface area contributed by atoms with Crippen molar-refractivity contribution in [2.45, 2.75) is 19.8 Å². The number of rotatable bonds is 9. The van der Waals surface area contributed by atoms with Gasteiger partial charge in [-0.1, -0.05) is 41.6 Å². The minimum Gasteiger partial charge on any atom is -0.489 e. The number of ether oxygens (including phenoxy) is 3. The van der Waals surface area contributed by atoms with Gasteiger partial charge in [-0.2, -0.15) is 5.10 Å². The summed E-state index contributed by atoms with van der Waals surface area (Å²) >= 11 is 0. The van der Waals surface area contributed by atoms with E-state index in [9.17, 15) is 0 Å². The number of hydrogen-bond donors (Lipinski definition) is 1. The Kier molecular flexibility index (Phi) is 6.06. The van der Waals surface area contributed by atoms with E-state index in [1.807, 2.05) is 78.9 Å².